The Balaban J connectivity index is 1.41. The molecule has 1 aromatic carbocycles. The molecule has 3 amide bonds. The van der Waals surface area contributed by atoms with Crippen molar-refractivity contribution in [2.24, 2.45) is 11.7 Å². The highest BCUT2D eigenvalue weighted by molar-refractivity contribution is 5.95. The average Bonchev–Trinajstić information content (AvgIpc) is 3.59. The number of aromatic nitrogens is 1. The lowest BCUT2D eigenvalue weighted by Crippen LogP contribution is -2.56. The van der Waals surface area contributed by atoms with Gasteiger partial charge in [-0.05, 0) is 56.0 Å². The summed E-state index contributed by atoms with van der Waals surface area (Å²) in [6.45, 7) is 0.406. The van der Waals surface area contributed by atoms with Gasteiger partial charge >= 0.3 is 0 Å². The van der Waals surface area contributed by atoms with Crippen molar-refractivity contribution in [3.63, 3.8) is 0 Å². The largest absolute Gasteiger partial charge is 0.368 e. The molecule has 0 bridgehead atoms. The molecule has 2 heterocycles. The van der Waals surface area contributed by atoms with Crippen molar-refractivity contribution < 1.29 is 14.4 Å². The molecule has 1 aromatic heterocycles. The molecule has 0 radical (unpaired) electrons. The second-order valence-electron chi connectivity index (χ2n) is 7.87. The van der Waals surface area contributed by atoms with Crippen molar-refractivity contribution in [3.05, 3.63) is 64.6 Å². The molecule has 8 nitrogen and oxygen atoms in total. The maximum atomic E-state index is 12.7. The summed E-state index contributed by atoms with van der Waals surface area (Å²) in [5.41, 5.74) is 6.50. The van der Waals surface area contributed by atoms with Gasteiger partial charge in [-0.15, -0.1) is 0 Å². The Labute approximate surface area is 173 Å². The number of rotatable bonds is 5. The van der Waals surface area contributed by atoms with Crippen LogP contribution >= 0.6 is 0 Å². The summed E-state index contributed by atoms with van der Waals surface area (Å²) in [4.78, 5) is 50.5. The van der Waals surface area contributed by atoms with Crippen molar-refractivity contribution in [1.29, 1.82) is 0 Å². The van der Waals surface area contributed by atoms with Gasteiger partial charge in [0.1, 0.15) is 6.04 Å². The number of piperidine rings is 1. The number of pyridine rings is 1. The van der Waals surface area contributed by atoms with E-state index >= 15 is 0 Å². The van der Waals surface area contributed by atoms with Crippen LogP contribution in [-0.2, 0) is 9.59 Å². The summed E-state index contributed by atoms with van der Waals surface area (Å²) in [6, 6.07) is 10.7. The number of carbonyl (C=O) groups is 3. The van der Waals surface area contributed by atoms with Gasteiger partial charge in [-0.1, -0.05) is 6.07 Å². The Morgan fingerprint density at radius 1 is 1.00 bits per heavy atom. The number of nitrogens with two attached hydrogens (primary N) is 1. The normalized spacial score (nSPS) is 21.1. The van der Waals surface area contributed by atoms with Crippen LogP contribution < -0.4 is 16.6 Å². The molecule has 1 saturated carbocycles. The zero-order valence-electron chi connectivity index (χ0n) is 16.5. The van der Waals surface area contributed by atoms with Crippen LogP contribution in [0.1, 0.15) is 36.0 Å². The van der Waals surface area contributed by atoms with Crippen LogP contribution in [0, 0.1) is 5.92 Å². The quantitative estimate of drug-likeness (QED) is 0.762. The molecule has 1 aliphatic heterocycles. The van der Waals surface area contributed by atoms with Gasteiger partial charge < -0.3 is 16.0 Å². The highest BCUT2D eigenvalue weighted by atomic mass is 16.2. The van der Waals surface area contributed by atoms with Crippen LogP contribution in [0.5, 0.6) is 0 Å². The fourth-order valence-corrected chi connectivity index (χ4v) is 3.88. The van der Waals surface area contributed by atoms with Crippen LogP contribution in [0.2, 0.25) is 0 Å². The molecule has 1 aliphatic carbocycles. The SMILES string of the molecule is NC(=O)C1CC(NC(=O)c2ccc(-n3ccccc3=O)cc2)CCN1C(=O)C1CC1. The minimum absolute atomic E-state index is 0.00433. The van der Waals surface area contributed by atoms with E-state index in [2.05, 4.69) is 5.32 Å². The third kappa shape index (κ3) is 4.12. The van der Waals surface area contributed by atoms with Gasteiger partial charge in [0.2, 0.25) is 11.8 Å². The van der Waals surface area contributed by atoms with Crippen molar-refractivity contribution in [1.82, 2.24) is 14.8 Å². The van der Waals surface area contributed by atoms with Crippen molar-refractivity contribution >= 4 is 17.7 Å². The maximum Gasteiger partial charge on any atom is 0.255 e. The van der Waals surface area contributed by atoms with Crippen LogP contribution in [0.25, 0.3) is 5.69 Å². The van der Waals surface area contributed by atoms with Crippen molar-refractivity contribution in [2.45, 2.75) is 37.8 Å². The number of amides is 3. The van der Waals surface area contributed by atoms with Crippen molar-refractivity contribution in [3.8, 4) is 5.69 Å². The summed E-state index contributed by atoms with van der Waals surface area (Å²) in [6.07, 6.45) is 4.29. The zero-order chi connectivity index (χ0) is 21.3. The number of carbonyl (C=O) groups excluding carboxylic acids is 3. The summed E-state index contributed by atoms with van der Waals surface area (Å²) < 4.78 is 1.49. The predicted molar refractivity (Wildman–Crippen MR) is 110 cm³/mol. The third-order valence-corrected chi connectivity index (χ3v) is 5.71. The lowest BCUT2D eigenvalue weighted by atomic mass is 9.95. The number of benzene rings is 1. The van der Waals surface area contributed by atoms with E-state index in [-0.39, 0.29) is 29.3 Å². The summed E-state index contributed by atoms with van der Waals surface area (Å²) in [5.74, 6) is -0.790. The molecule has 0 spiro atoms. The maximum absolute atomic E-state index is 12.7. The smallest absolute Gasteiger partial charge is 0.255 e. The Morgan fingerprint density at radius 2 is 1.73 bits per heavy atom. The predicted octanol–water partition coefficient (Wildman–Crippen LogP) is 0.822. The fourth-order valence-electron chi connectivity index (χ4n) is 3.88. The number of primary amides is 1. The second-order valence-corrected chi connectivity index (χ2v) is 7.87. The Morgan fingerprint density at radius 3 is 2.37 bits per heavy atom. The van der Waals surface area contributed by atoms with E-state index in [1.807, 2.05) is 0 Å². The number of nitrogens with zero attached hydrogens (tertiary/aromatic N) is 2. The first kappa shape index (κ1) is 19.9. The minimum atomic E-state index is -0.690. The summed E-state index contributed by atoms with van der Waals surface area (Å²) in [7, 11) is 0. The Bertz CT molecular complexity index is 1030. The Hall–Kier alpha value is -3.42. The van der Waals surface area contributed by atoms with Gasteiger partial charge in [0.15, 0.2) is 0 Å². The first-order valence-electron chi connectivity index (χ1n) is 10.1. The van der Waals surface area contributed by atoms with E-state index < -0.39 is 11.9 Å². The van der Waals surface area contributed by atoms with Gasteiger partial charge in [0, 0.05) is 42.0 Å². The molecule has 2 unspecified atom stereocenters. The van der Waals surface area contributed by atoms with Gasteiger partial charge in [-0.3, -0.25) is 23.7 Å². The standard InChI is InChI=1S/C22H24N4O4/c23-20(28)18-13-16(10-12-26(18)22(30)15-4-5-15)24-21(29)14-6-8-17(9-7-14)25-11-2-1-3-19(25)27/h1-3,6-9,11,15-16,18H,4-5,10,12-13H2,(H2,23,28)(H,24,29). The highest BCUT2D eigenvalue weighted by Crippen LogP contribution is 2.33. The molecule has 2 atom stereocenters. The Kier molecular flexibility index (Phi) is 5.39. The topological polar surface area (TPSA) is 114 Å². The number of hydrogen-bond acceptors (Lipinski definition) is 4. The lowest BCUT2D eigenvalue weighted by Gasteiger charge is -2.38. The van der Waals surface area contributed by atoms with E-state index in [1.54, 1.807) is 47.5 Å². The van der Waals surface area contributed by atoms with Crippen LogP contribution in [-0.4, -0.2) is 45.8 Å². The molecular weight excluding hydrogens is 384 g/mol. The van der Waals surface area contributed by atoms with E-state index in [0.29, 0.717) is 30.6 Å². The monoisotopic (exact) mass is 408 g/mol. The molecular formula is C22H24N4O4. The first-order valence-corrected chi connectivity index (χ1v) is 10.1. The summed E-state index contributed by atoms with van der Waals surface area (Å²) >= 11 is 0. The zero-order valence-corrected chi connectivity index (χ0v) is 16.5. The van der Waals surface area contributed by atoms with Gasteiger partial charge in [-0.25, -0.2) is 0 Å². The van der Waals surface area contributed by atoms with E-state index in [1.165, 1.54) is 10.6 Å². The van der Waals surface area contributed by atoms with Gasteiger partial charge in [0.05, 0.1) is 0 Å². The third-order valence-electron chi connectivity index (χ3n) is 5.71. The van der Waals surface area contributed by atoms with Gasteiger partial charge in [0.25, 0.3) is 11.5 Å². The molecule has 4 rings (SSSR count). The fraction of sp³-hybridized carbons (Fsp3) is 0.364. The van der Waals surface area contributed by atoms with Crippen LogP contribution in [0.15, 0.2) is 53.5 Å². The lowest BCUT2D eigenvalue weighted by molar-refractivity contribution is -0.142. The van der Waals surface area contributed by atoms with E-state index in [9.17, 15) is 19.2 Å². The first-order chi connectivity index (χ1) is 14.4. The molecule has 156 valence electrons. The van der Waals surface area contributed by atoms with E-state index in [0.717, 1.165) is 12.8 Å². The molecule has 30 heavy (non-hydrogen) atoms. The van der Waals surface area contributed by atoms with Crippen molar-refractivity contribution in [2.75, 3.05) is 6.54 Å². The number of hydrogen-bond donors (Lipinski definition) is 2. The molecule has 1 saturated heterocycles. The van der Waals surface area contributed by atoms with Gasteiger partial charge in [-0.2, -0.15) is 0 Å². The average molecular weight is 408 g/mol. The second kappa shape index (κ2) is 8.14. The molecule has 3 N–H and O–H groups in total. The minimum Gasteiger partial charge on any atom is -0.368 e. The summed E-state index contributed by atoms with van der Waals surface area (Å²) in [5, 5.41) is 2.94. The molecule has 8 heteroatoms. The number of nitrogens with one attached hydrogen (secondary N) is 1. The number of likely N-dealkylation sites (tertiary alicyclic amines) is 1. The molecule has 2 aliphatic rings. The van der Waals surface area contributed by atoms with Crippen LogP contribution in [0.4, 0.5) is 0 Å². The van der Waals surface area contributed by atoms with E-state index in [4.69, 9.17) is 5.73 Å². The van der Waals surface area contributed by atoms with Crippen LogP contribution in [0.3, 0.4) is 0 Å². The molecule has 2 fully saturated rings. The molecule has 2 aromatic rings. The highest BCUT2D eigenvalue weighted by Gasteiger charge is 2.41.